The first-order valence-corrected chi connectivity index (χ1v) is 11.9. The average molecular weight is 528 g/mol. The number of benzene rings is 4. The highest BCUT2D eigenvalue weighted by atomic mass is 19.4. The van der Waals surface area contributed by atoms with Crippen molar-refractivity contribution in [2.45, 2.75) is 11.7 Å². The topological polar surface area (TPSA) is 63.4 Å². The normalized spacial score (nSPS) is 12.7. The number of methoxy groups -OCH3 is 1. The van der Waals surface area contributed by atoms with Gasteiger partial charge in [-0.1, -0.05) is 109 Å². The number of rotatable bonds is 7. The van der Waals surface area contributed by atoms with Crippen molar-refractivity contribution in [3.8, 4) is 0 Å². The lowest BCUT2D eigenvalue weighted by Gasteiger charge is -2.30. The lowest BCUT2D eigenvalue weighted by molar-refractivity contribution is -0.134. The number of alkyl halides is 3. The van der Waals surface area contributed by atoms with Crippen molar-refractivity contribution in [1.29, 1.82) is 0 Å². The molecule has 0 atom stereocenters. The number of azo groups is 1. The van der Waals surface area contributed by atoms with Gasteiger partial charge in [-0.3, -0.25) is 0 Å². The van der Waals surface area contributed by atoms with Crippen molar-refractivity contribution in [3.63, 3.8) is 0 Å². The third kappa shape index (κ3) is 6.35. The van der Waals surface area contributed by atoms with Crippen LogP contribution < -0.4 is 0 Å². The molecule has 4 rings (SSSR count). The summed E-state index contributed by atoms with van der Waals surface area (Å²) < 4.78 is 47.5. The number of halogens is 3. The number of nitrogens with zero attached hydrogens (tertiary/aromatic N) is 3. The SMILES string of the molecule is COC(=O)/C=C/c1ccccc1N=C(N=NC(c1ccccc1)(c1ccccc1)c1ccccc1)C(F)(F)F. The van der Waals surface area contributed by atoms with E-state index in [1.807, 2.05) is 18.2 Å². The molecule has 0 radical (unpaired) electrons. The second-order valence-electron chi connectivity index (χ2n) is 8.36. The standard InChI is InChI=1S/C31H24F3N3O2/c1-39-28(38)22-21-23-13-11-12-20-27(23)35-29(31(32,33)34)36-37-30(24-14-5-2-6-15-24,25-16-7-3-8-17-25)26-18-9-4-10-19-26/h2-22H,1H3/b22-21+,35-29?,37-36?. The number of esters is 1. The van der Waals surface area contributed by atoms with E-state index in [9.17, 15) is 18.0 Å². The molecule has 0 aliphatic heterocycles. The fraction of sp³-hybridized carbons (Fsp3) is 0.0968. The van der Waals surface area contributed by atoms with E-state index in [0.717, 1.165) is 6.08 Å². The largest absolute Gasteiger partial charge is 0.466 e. The first-order chi connectivity index (χ1) is 18.8. The molecule has 4 aromatic rings. The molecule has 0 spiro atoms. The summed E-state index contributed by atoms with van der Waals surface area (Å²) in [6.45, 7) is 0. The number of amidine groups is 1. The van der Waals surface area contributed by atoms with Gasteiger partial charge in [-0.2, -0.15) is 18.3 Å². The van der Waals surface area contributed by atoms with Gasteiger partial charge in [0, 0.05) is 11.6 Å². The summed E-state index contributed by atoms with van der Waals surface area (Å²) in [6.07, 6.45) is -2.48. The van der Waals surface area contributed by atoms with Gasteiger partial charge in [0.05, 0.1) is 12.8 Å². The summed E-state index contributed by atoms with van der Waals surface area (Å²) in [5.41, 5.74) is 0.756. The van der Waals surface area contributed by atoms with Gasteiger partial charge in [0.25, 0.3) is 5.84 Å². The summed E-state index contributed by atoms with van der Waals surface area (Å²) in [5.74, 6) is -2.09. The van der Waals surface area contributed by atoms with Gasteiger partial charge in [-0.25, -0.2) is 9.79 Å². The molecule has 0 aliphatic carbocycles. The van der Waals surface area contributed by atoms with Gasteiger partial charge in [0.1, 0.15) is 0 Å². The molecule has 0 bridgehead atoms. The van der Waals surface area contributed by atoms with Gasteiger partial charge in [0.15, 0.2) is 5.54 Å². The minimum Gasteiger partial charge on any atom is -0.466 e. The molecule has 0 aliphatic rings. The van der Waals surface area contributed by atoms with Crippen molar-refractivity contribution in [3.05, 3.63) is 144 Å². The van der Waals surface area contributed by atoms with Gasteiger partial charge >= 0.3 is 12.1 Å². The summed E-state index contributed by atoms with van der Waals surface area (Å²) >= 11 is 0. The molecule has 5 nitrogen and oxygen atoms in total. The van der Waals surface area contributed by atoms with Crippen molar-refractivity contribution >= 4 is 23.6 Å². The third-order valence-corrected chi connectivity index (χ3v) is 5.89. The van der Waals surface area contributed by atoms with Crippen LogP contribution in [0.15, 0.2) is 137 Å². The van der Waals surface area contributed by atoms with Crippen molar-refractivity contribution in [1.82, 2.24) is 0 Å². The number of aliphatic imine (C=N–C) groups is 1. The van der Waals surface area contributed by atoms with E-state index in [1.165, 1.54) is 25.3 Å². The Labute approximate surface area is 224 Å². The Morgan fingerprint density at radius 2 is 1.18 bits per heavy atom. The second kappa shape index (κ2) is 12.1. The zero-order valence-corrected chi connectivity index (χ0v) is 20.9. The lowest BCUT2D eigenvalue weighted by atomic mass is 9.78. The number of hydrogen-bond donors (Lipinski definition) is 0. The first-order valence-electron chi connectivity index (χ1n) is 11.9. The van der Waals surface area contributed by atoms with Crippen LogP contribution in [0.25, 0.3) is 6.08 Å². The molecule has 8 heteroatoms. The maximum Gasteiger partial charge on any atom is 0.453 e. The summed E-state index contributed by atoms with van der Waals surface area (Å²) in [7, 11) is 1.21. The van der Waals surface area contributed by atoms with E-state index in [1.54, 1.807) is 84.9 Å². The predicted molar refractivity (Wildman–Crippen MR) is 145 cm³/mol. The maximum atomic E-state index is 14.3. The van der Waals surface area contributed by atoms with E-state index in [-0.39, 0.29) is 11.3 Å². The number of ether oxygens (including phenoxy) is 1. The summed E-state index contributed by atoms with van der Waals surface area (Å²) in [6, 6.07) is 33.2. The Bertz CT molecular complexity index is 1390. The maximum absolute atomic E-state index is 14.3. The van der Waals surface area contributed by atoms with Gasteiger partial charge < -0.3 is 4.74 Å². The highest BCUT2D eigenvalue weighted by Gasteiger charge is 2.40. The van der Waals surface area contributed by atoms with Gasteiger partial charge in [0.2, 0.25) is 0 Å². The molecule has 0 saturated heterocycles. The first kappa shape index (κ1) is 27.2. The molecule has 0 heterocycles. The van der Waals surface area contributed by atoms with Crippen LogP contribution in [0.4, 0.5) is 18.9 Å². The fourth-order valence-electron chi connectivity index (χ4n) is 4.05. The Balaban J connectivity index is 1.93. The molecule has 0 saturated carbocycles. The number of carbonyl (C=O) groups is 1. The molecule has 0 fully saturated rings. The molecular formula is C31H24F3N3O2. The molecular weight excluding hydrogens is 503 g/mol. The number of hydrogen-bond acceptors (Lipinski definition) is 4. The van der Waals surface area contributed by atoms with Crippen molar-refractivity contribution in [2.75, 3.05) is 7.11 Å². The Morgan fingerprint density at radius 1 is 0.718 bits per heavy atom. The lowest BCUT2D eigenvalue weighted by Crippen LogP contribution is -2.28. The smallest absolute Gasteiger partial charge is 0.453 e. The van der Waals surface area contributed by atoms with Crippen LogP contribution >= 0.6 is 0 Å². The van der Waals surface area contributed by atoms with Crippen LogP contribution in [0.5, 0.6) is 0 Å². The Hall–Kier alpha value is -4.85. The molecule has 196 valence electrons. The Morgan fingerprint density at radius 3 is 1.64 bits per heavy atom. The summed E-state index contributed by atoms with van der Waals surface area (Å²) in [5, 5.41) is 8.21. The highest BCUT2D eigenvalue weighted by molar-refractivity contribution is 5.92. The highest BCUT2D eigenvalue weighted by Crippen LogP contribution is 2.41. The third-order valence-electron chi connectivity index (χ3n) is 5.89. The van der Waals surface area contributed by atoms with Crippen molar-refractivity contribution in [2.24, 2.45) is 15.2 Å². The van der Waals surface area contributed by atoms with Crippen LogP contribution in [0.3, 0.4) is 0 Å². The van der Waals surface area contributed by atoms with E-state index in [2.05, 4.69) is 20.0 Å². The average Bonchev–Trinajstić information content (AvgIpc) is 2.97. The zero-order chi connectivity index (χ0) is 27.7. The van der Waals surface area contributed by atoms with Crippen molar-refractivity contribution < 1.29 is 22.7 Å². The number of para-hydroxylation sites is 1. The second-order valence-corrected chi connectivity index (χ2v) is 8.36. The van der Waals surface area contributed by atoms with Crippen LogP contribution in [0, 0.1) is 0 Å². The van der Waals surface area contributed by atoms with E-state index >= 15 is 0 Å². The summed E-state index contributed by atoms with van der Waals surface area (Å²) in [4.78, 5) is 15.4. The van der Waals surface area contributed by atoms with Crippen LogP contribution in [0.1, 0.15) is 22.3 Å². The van der Waals surface area contributed by atoms with E-state index < -0.39 is 23.5 Å². The molecule has 0 amide bonds. The van der Waals surface area contributed by atoms with E-state index in [4.69, 9.17) is 0 Å². The molecule has 0 unspecified atom stereocenters. The predicted octanol–water partition coefficient (Wildman–Crippen LogP) is 7.91. The van der Waals surface area contributed by atoms with E-state index in [0.29, 0.717) is 16.7 Å². The van der Waals surface area contributed by atoms with Gasteiger partial charge in [-0.05, 0) is 28.8 Å². The minimum atomic E-state index is -4.92. The van der Waals surface area contributed by atoms with Crippen LogP contribution in [-0.2, 0) is 15.1 Å². The monoisotopic (exact) mass is 527 g/mol. The quantitative estimate of drug-likeness (QED) is 0.0612. The number of carbonyl (C=O) groups excluding carboxylic acids is 1. The van der Waals surface area contributed by atoms with Crippen LogP contribution in [-0.4, -0.2) is 25.1 Å². The molecule has 0 aromatic heterocycles. The molecule has 39 heavy (non-hydrogen) atoms. The molecule has 4 aromatic carbocycles. The minimum absolute atomic E-state index is 0.0336. The van der Waals surface area contributed by atoms with Gasteiger partial charge in [-0.15, -0.1) is 5.11 Å². The molecule has 0 N–H and O–H groups in total. The zero-order valence-electron chi connectivity index (χ0n) is 20.9. The van der Waals surface area contributed by atoms with Crippen LogP contribution in [0.2, 0.25) is 0 Å². The fourth-order valence-corrected chi connectivity index (χ4v) is 4.05. The Kier molecular flexibility index (Phi) is 8.46.